The molecule has 1 aromatic carbocycles. The molecule has 3 heteroatoms. The third-order valence-corrected chi connectivity index (χ3v) is 3.59. The van der Waals surface area contributed by atoms with Gasteiger partial charge in [-0.25, -0.2) is 0 Å². The van der Waals surface area contributed by atoms with Crippen LogP contribution in [0.4, 0.5) is 0 Å². The van der Waals surface area contributed by atoms with Crippen LogP contribution in [0.3, 0.4) is 0 Å². The Morgan fingerprint density at radius 2 is 2.19 bits per heavy atom. The van der Waals surface area contributed by atoms with Gasteiger partial charge in [0.2, 0.25) is 0 Å². The SMILES string of the molecule is C[C@@H](NC1CCN(C)C1)c1ccccc1Cl. The first-order valence-electron chi connectivity index (χ1n) is 5.86. The molecule has 1 fully saturated rings. The van der Waals surface area contributed by atoms with Crippen LogP contribution in [0.5, 0.6) is 0 Å². The van der Waals surface area contributed by atoms with Crippen molar-refractivity contribution in [1.29, 1.82) is 0 Å². The molecule has 0 amide bonds. The fourth-order valence-corrected chi connectivity index (χ4v) is 2.64. The summed E-state index contributed by atoms with van der Waals surface area (Å²) in [6, 6.07) is 8.98. The number of nitrogens with zero attached hydrogens (tertiary/aromatic N) is 1. The van der Waals surface area contributed by atoms with E-state index in [1.807, 2.05) is 18.2 Å². The summed E-state index contributed by atoms with van der Waals surface area (Å²) in [5.74, 6) is 0. The summed E-state index contributed by atoms with van der Waals surface area (Å²) >= 11 is 6.18. The summed E-state index contributed by atoms with van der Waals surface area (Å²) in [6.45, 7) is 4.50. The van der Waals surface area contributed by atoms with Gasteiger partial charge in [0.05, 0.1) is 0 Å². The topological polar surface area (TPSA) is 15.3 Å². The molecule has 88 valence electrons. The molecule has 2 nitrogen and oxygen atoms in total. The predicted molar refractivity (Wildman–Crippen MR) is 68.9 cm³/mol. The first kappa shape index (κ1) is 11.9. The Morgan fingerprint density at radius 1 is 1.44 bits per heavy atom. The van der Waals surface area contributed by atoms with E-state index in [0.29, 0.717) is 12.1 Å². The molecule has 0 radical (unpaired) electrons. The van der Waals surface area contributed by atoms with Crippen LogP contribution in [0.25, 0.3) is 0 Å². The lowest BCUT2D eigenvalue weighted by Gasteiger charge is -2.20. The van der Waals surface area contributed by atoms with Crippen molar-refractivity contribution >= 4 is 11.6 Å². The number of likely N-dealkylation sites (N-methyl/N-ethyl adjacent to an activating group) is 1. The summed E-state index contributed by atoms with van der Waals surface area (Å²) in [5.41, 5.74) is 1.19. The molecular weight excluding hydrogens is 220 g/mol. The fourth-order valence-electron chi connectivity index (χ4n) is 2.34. The molecule has 1 aliphatic heterocycles. The van der Waals surface area contributed by atoms with Crippen molar-refractivity contribution in [3.05, 3.63) is 34.9 Å². The van der Waals surface area contributed by atoms with E-state index in [0.717, 1.165) is 11.6 Å². The minimum atomic E-state index is 0.324. The van der Waals surface area contributed by atoms with Crippen LogP contribution < -0.4 is 5.32 Å². The second kappa shape index (κ2) is 5.17. The molecule has 2 atom stereocenters. The third kappa shape index (κ3) is 2.76. The van der Waals surface area contributed by atoms with E-state index in [1.54, 1.807) is 0 Å². The van der Waals surface area contributed by atoms with Crippen molar-refractivity contribution in [3.8, 4) is 0 Å². The summed E-state index contributed by atoms with van der Waals surface area (Å²) in [6.07, 6.45) is 1.23. The Hall–Kier alpha value is -0.570. The number of hydrogen-bond donors (Lipinski definition) is 1. The van der Waals surface area contributed by atoms with Crippen LogP contribution in [0.2, 0.25) is 5.02 Å². The highest BCUT2D eigenvalue weighted by Gasteiger charge is 2.21. The number of nitrogens with one attached hydrogen (secondary N) is 1. The van der Waals surface area contributed by atoms with Gasteiger partial charge >= 0.3 is 0 Å². The molecule has 0 aliphatic carbocycles. The number of halogens is 1. The lowest BCUT2D eigenvalue weighted by Crippen LogP contribution is -2.33. The van der Waals surface area contributed by atoms with E-state index in [9.17, 15) is 0 Å². The third-order valence-electron chi connectivity index (χ3n) is 3.25. The Kier molecular flexibility index (Phi) is 3.85. The van der Waals surface area contributed by atoms with E-state index in [1.165, 1.54) is 18.5 Å². The molecule has 1 aliphatic rings. The first-order valence-corrected chi connectivity index (χ1v) is 6.23. The number of rotatable bonds is 3. The van der Waals surface area contributed by atoms with Gasteiger partial charge in [-0.1, -0.05) is 29.8 Å². The Balaban J connectivity index is 1.98. The maximum absolute atomic E-state index is 6.18. The van der Waals surface area contributed by atoms with E-state index < -0.39 is 0 Å². The Morgan fingerprint density at radius 3 is 2.81 bits per heavy atom. The Bertz CT molecular complexity index is 354. The second-order valence-electron chi connectivity index (χ2n) is 4.66. The van der Waals surface area contributed by atoms with Crippen molar-refractivity contribution in [2.45, 2.75) is 25.4 Å². The van der Waals surface area contributed by atoms with Crippen LogP contribution in [0, 0.1) is 0 Å². The minimum Gasteiger partial charge on any atom is -0.306 e. The zero-order valence-corrected chi connectivity index (χ0v) is 10.7. The summed E-state index contributed by atoms with van der Waals surface area (Å²) < 4.78 is 0. The van der Waals surface area contributed by atoms with Crippen molar-refractivity contribution in [2.75, 3.05) is 20.1 Å². The van der Waals surface area contributed by atoms with Crippen LogP contribution >= 0.6 is 11.6 Å². The standard InChI is InChI=1S/C13H19ClN2/c1-10(12-5-3-4-6-13(12)14)15-11-7-8-16(2)9-11/h3-6,10-11,15H,7-9H2,1-2H3/t10-,11?/m1/s1. The lowest BCUT2D eigenvalue weighted by atomic mass is 10.1. The maximum Gasteiger partial charge on any atom is 0.0453 e. The average molecular weight is 239 g/mol. The minimum absolute atomic E-state index is 0.324. The molecule has 0 saturated carbocycles. The highest BCUT2D eigenvalue weighted by atomic mass is 35.5. The molecule has 0 bridgehead atoms. The molecule has 1 aromatic rings. The highest BCUT2D eigenvalue weighted by molar-refractivity contribution is 6.31. The number of likely N-dealkylation sites (tertiary alicyclic amines) is 1. The molecule has 0 aromatic heterocycles. The molecular formula is C13H19ClN2. The average Bonchev–Trinajstić information content (AvgIpc) is 2.64. The van der Waals surface area contributed by atoms with Gasteiger partial charge in [0, 0.05) is 23.7 Å². The van der Waals surface area contributed by atoms with E-state index in [4.69, 9.17) is 11.6 Å². The van der Waals surface area contributed by atoms with Crippen LogP contribution in [-0.4, -0.2) is 31.1 Å². The Labute approximate surface area is 103 Å². The normalized spacial score (nSPS) is 23.6. The summed E-state index contributed by atoms with van der Waals surface area (Å²) in [7, 11) is 2.17. The fraction of sp³-hybridized carbons (Fsp3) is 0.538. The van der Waals surface area contributed by atoms with Crippen LogP contribution in [-0.2, 0) is 0 Å². The van der Waals surface area contributed by atoms with Gasteiger partial charge in [-0.2, -0.15) is 0 Å². The van der Waals surface area contributed by atoms with Gasteiger partial charge in [0.15, 0.2) is 0 Å². The van der Waals surface area contributed by atoms with Gasteiger partial charge in [-0.05, 0) is 38.6 Å². The molecule has 2 rings (SSSR count). The smallest absolute Gasteiger partial charge is 0.0453 e. The van der Waals surface area contributed by atoms with Crippen LogP contribution in [0.15, 0.2) is 24.3 Å². The molecule has 16 heavy (non-hydrogen) atoms. The van der Waals surface area contributed by atoms with Crippen LogP contribution in [0.1, 0.15) is 24.9 Å². The molecule has 1 saturated heterocycles. The van der Waals surface area contributed by atoms with Gasteiger partial charge in [-0.3, -0.25) is 0 Å². The molecule has 1 unspecified atom stereocenters. The molecule has 0 spiro atoms. The lowest BCUT2D eigenvalue weighted by molar-refractivity contribution is 0.387. The highest BCUT2D eigenvalue weighted by Crippen LogP contribution is 2.23. The predicted octanol–water partition coefficient (Wildman–Crippen LogP) is 2.69. The van der Waals surface area contributed by atoms with Gasteiger partial charge in [0.25, 0.3) is 0 Å². The van der Waals surface area contributed by atoms with Gasteiger partial charge < -0.3 is 10.2 Å². The van der Waals surface area contributed by atoms with Crippen molar-refractivity contribution < 1.29 is 0 Å². The van der Waals surface area contributed by atoms with Gasteiger partial charge in [-0.15, -0.1) is 0 Å². The number of benzene rings is 1. The second-order valence-corrected chi connectivity index (χ2v) is 5.06. The van der Waals surface area contributed by atoms with Crippen molar-refractivity contribution in [1.82, 2.24) is 10.2 Å². The summed E-state index contributed by atoms with van der Waals surface area (Å²) in [5, 5.41) is 4.50. The van der Waals surface area contributed by atoms with E-state index in [-0.39, 0.29) is 0 Å². The zero-order chi connectivity index (χ0) is 11.5. The molecule has 1 heterocycles. The quantitative estimate of drug-likeness (QED) is 0.871. The first-order chi connectivity index (χ1) is 7.66. The van der Waals surface area contributed by atoms with E-state index >= 15 is 0 Å². The van der Waals surface area contributed by atoms with Crippen molar-refractivity contribution in [2.24, 2.45) is 0 Å². The van der Waals surface area contributed by atoms with Gasteiger partial charge in [0.1, 0.15) is 0 Å². The molecule has 1 N–H and O–H groups in total. The largest absolute Gasteiger partial charge is 0.306 e. The zero-order valence-electron chi connectivity index (χ0n) is 9.91. The van der Waals surface area contributed by atoms with E-state index in [2.05, 4.69) is 30.3 Å². The maximum atomic E-state index is 6.18. The van der Waals surface area contributed by atoms with Crippen molar-refractivity contribution in [3.63, 3.8) is 0 Å². The monoisotopic (exact) mass is 238 g/mol. The summed E-state index contributed by atoms with van der Waals surface area (Å²) in [4.78, 5) is 2.36. The number of hydrogen-bond acceptors (Lipinski definition) is 2.